The second kappa shape index (κ2) is 12.2. The van der Waals surface area contributed by atoms with Gasteiger partial charge in [-0.3, -0.25) is 0 Å². The van der Waals surface area contributed by atoms with Gasteiger partial charge in [-0.2, -0.15) is 0 Å². The fourth-order valence-electron chi connectivity index (χ4n) is 8.32. The Bertz CT molecular complexity index is 2910. The van der Waals surface area contributed by atoms with E-state index in [4.69, 9.17) is 10.7 Å². The highest BCUT2D eigenvalue weighted by Gasteiger charge is 2.22. The van der Waals surface area contributed by atoms with E-state index in [1.165, 1.54) is 76.6 Å². The smallest absolute Gasteiger partial charge is 0.131 e. The van der Waals surface area contributed by atoms with Gasteiger partial charge < -0.3 is 5.73 Å². The summed E-state index contributed by atoms with van der Waals surface area (Å²) in [5.74, 6) is 0.493. The monoisotopic (exact) mass is 662 g/mol. The maximum absolute atomic E-state index is 6.90. The predicted octanol–water partition coefficient (Wildman–Crippen LogP) is 12.6. The summed E-state index contributed by atoms with van der Waals surface area (Å²) in [6.07, 6.45) is 2.98. The van der Waals surface area contributed by atoms with Crippen molar-refractivity contribution in [1.82, 2.24) is 0 Å². The molecule has 0 saturated heterocycles. The Morgan fingerprint density at radius 1 is 0.481 bits per heavy atom. The molecule has 0 saturated carbocycles. The molecule has 0 radical (unpaired) electrons. The van der Waals surface area contributed by atoms with E-state index in [0.717, 1.165) is 22.2 Å². The highest BCUT2D eigenvalue weighted by Crippen LogP contribution is 2.48. The third-order valence-corrected chi connectivity index (χ3v) is 10.6. The van der Waals surface area contributed by atoms with Gasteiger partial charge in [-0.25, -0.2) is 4.99 Å². The summed E-state index contributed by atoms with van der Waals surface area (Å²) in [5.41, 5.74) is 18.6. The van der Waals surface area contributed by atoms with Crippen LogP contribution in [-0.2, 0) is 6.42 Å². The number of nitrogens with zero attached hydrogens (tertiary/aromatic N) is 1. The molecular formula is C50H34N2. The van der Waals surface area contributed by atoms with Crippen LogP contribution in [0.25, 0.3) is 82.2 Å². The number of allylic oxidation sites excluding steroid dienone is 1. The largest absolute Gasteiger partial charge is 0.383 e. The first-order valence-electron chi connectivity index (χ1n) is 17.9. The SMILES string of the molecule is NC(=N/C(=C\Cc1ccc2c(c1)-c1cccc3cccc-2c13)c1c2ccccc2c(-c2ccccc2)c2ccc3ccccc3c12)c1ccccc1. The van der Waals surface area contributed by atoms with Gasteiger partial charge in [0, 0.05) is 16.5 Å². The molecule has 0 fully saturated rings. The molecule has 0 heterocycles. The lowest BCUT2D eigenvalue weighted by molar-refractivity contribution is 1.26. The standard InChI is InChI=1S/C50H34N2/c51-50(36-16-5-2-6-17-36)52-45(30-26-32-25-28-38-39-23-11-18-35-19-12-24-42(46(35)39)44(38)31-32)49-41-22-10-9-21-40(41)47(34-14-3-1-4-15-34)43-29-27-33-13-7-8-20-37(33)48(43)49/h1-25,27-31H,26H2,(H2,51,52)/b45-30-. The van der Waals surface area contributed by atoms with Gasteiger partial charge in [0.2, 0.25) is 0 Å². The molecule has 0 aromatic heterocycles. The van der Waals surface area contributed by atoms with E-state index in [0.29, 0.717) is 12.3 Å². The van der Waals surface area contributed by atoms with E-state index >= 15 is 0 Å². The molecule has 9 aromatic rings. The summed E-state index contributed by atoms with van der Waals surface area (Å²) < 4.78 is 0. The van der Waals surface area contributed by atoms with E-state index < -0.39 is 0 Å². The zero-order chi connectivity index (χ0) is 34.6. The molecule has 0 bridgehead atoms. The maximum Gasteiger partial charge on any atom is 0.131 e. The summed E-state index contributed by atoms with van der Waals surface area (Å²) in [5, 5.41) is 9.73. The van der Waals surface area contributed by atoms with Gasteiger partial charge in [-0.15, -0.1) is 0 Å². The average molecular weight is 663 g/mol. The zero-order valence-corrected chi connectivity index (χ0v) is 28.6. The van der Waals surface area contributed by atoms with E-state index in [9.17, 15) is 0 Å². The Morgan fingerprint density at radius 3 is 1.92 bits per heavy atom. The molecule has 10 rings (SSSR count). The van der Waals surface area contributed by atoms with Crippen LogP contribution >= 0.6 is 0 Å². The van der Waals surface area contributed by atoms with Crippen LogP contribution in [0.1, 0.15) is 16.7 Å². The number of benzene rings is 9. The molecule has 1 aliphatic rings. The first-order chi connectivity index (χ1) is 25.7. The molecule has 1 aliphatic carbocycles. The van der Waals surface area contributed by atoms with Crippen LogP contribution in [-0.4, -0.2) is 5.84 Å². The highest BCUT2D eigenvalue weighted by molar-refractivity contribution is 6.26. The van der Waals surface area contributed by atoms with Crippen LogP contribution in [0.4, 0.5) is 0 Å². The fraction of sp³-hybridized carbons (Fsp3) is 0.0200. The lowest BCUT2D eigenvalue weighted by Crippen LogP contribution is -2.13. The number of hydrogen-bond donors (Lipinski definition) is 1. The third-order valence-electron chi connectivity index (χ3n) is 10.6. The topological polar surface area (TPSA) is 38.4 Å². The van der Waals surface area contributed by atoms with Gasteiger partial charge in [0.15, 0.2) is 0 Å². The van der Waals surface area contributed by atoms with Crippen molar-refractivity contribution >= 4 is 54.6 Å². The molecule has 52 heavy (non-hydrogen) atoms. The Balaban J connectivity index is 1.24. The summed E-state index contributed by atoms with van der Waals surface area (Å²) in [4.78, 5) is 5.33. The average Bonchev–Trinajstić information content (AvgIpc) is 3.53. The Labute approximate surface area is 302 Å². The van der Waals surface area contributed by atoms with Crippen LogP contribution in [0.5, 0.6) is 0 Å². The van der Waals surface area contributed by atoms with E-state index in [1.807, 2.05) is 30.3 Å². The molecule has 9 aromatic carbocycles. The Hall–Kier alpha value is -6.77. The number of fused-ring (bicyclic) bond motifs is 7. The van der Waals surface area contributed by atoms with E-state index in [1.54, 1.807) is 0 Å². The van der Waals surface area contributed by atoms with Crippen molar-refractivity contribution in [2.75, 3.05) is 0 Å². The second-order valence-corrected chi connectivity index (χ2v) is 13.6. The molecule has 2 nitrogen and oxygen atoms in total. The van der Waals surface area contributed by atoms with E-state index in [2.05, 4.69) is 152 Å². The molecule has 0 amide bonds. The first kappa shape index (κ1) is 30.1. The van der Waals surface area contributed by atoms with Crippen LogP contribution in [0.3, 0.4) is 0 Å². The van der Waals surface area contributed by atoms with Gasteiger partial charge in [0.1, 0.15) is 5.84 Å². The van der Waals surface area contributed by atoms with Crippen LogP contribution < -0.4 is 5.73 Å². The second-order valence-electron chi connectivity index (χ2n) is 13.6. The predicted molar refractivity (Wildman–Crippen MR) is 222 cm³/mol. The molecule has 244 valence electrons. The molecule has 0 aliphatic heterocycles. The number of hydrogen-bond acceptors (Lipinski definition) is 1. The van der Waals surface area contributed by atoms with Gasteiger partial charge in [-0.1, -0.05) is 182 Å². The van der Waals surface area contributed by atoms with Crippen molar-refractivity contribution in [2.24, 2.45) is 10.7 Å². The van der Waals surface area contributed by atoms with Gasteiger partial charge >= 0.3 is 0 Å². The van der Waals surface area contributed by atoms with Crippen LogP contribution in [0.15, 0.2) is 187 Å². The Morgan fingerprint density at radius 2 is 1.13 bits per heavy atom. The Kier molecular flexibility index (Phi) is 7.07. The highest BCUT2D eigenvalue weighted by atomic mass is 14.9. The van der Waals surface area contributed by atoms with Crippen molar-refractivity contribution in [3.63, 3.8) is 0 Å². The molecule has 2 N–H and O–H groups in total. The van der Waals surface area contributed by atoms with Gasteiger partial charge in [-0.05, 0) is 83.1 Å². The molecule has 0 spiro atoms. The zero-order valence-electron chi connectivity index (χ0n) is 28.6. The summed E-state index contributed by atoms with van der Waals surface area (Å²) >= 11 is 0. The normalized spacial score (nSPS) is 12.6. The number of nitrogens with two attached hydrogens (primary N) is 1. The van der Waals surface area contributed by atoms with E-state index in [-0.39, 0.29) is 0 Å². The number of amidine groups is 1. The van der Waals surface area contributed by atoms with Gasteiger partial charge in [0.05, 0.1) is 5.70 Å². The number of aliphatic imine (C=N–C) groups is 1. The summed E-state index contributed by atoms with van der Waals surface area (Å²) in [7, 11) is 0. The lowest BCUT2D eigenvalue weighted by atomic mass is 9.85. The van der Waals surface area contributed by atoms with Gasteiger partial charge in [0.25, 0.3) is 0 Å². The van der Waals surface area contributed by atoms with Crippen molar-refractivity contribution in [3.8, 4) is 33.4 Å². The van der Waals surface area contributed by atoms with Crippen molar-refractivity contribution in [2.45, 2.75) is 6.42 Å². The van der Waals surface area contributed by atoms with Crippen molar-refractivity contribution < 1.29 is 0 Å². The molecular weight excluding hydrogens is 629 g/mol. The molecule has 0 atom stereocenters. The van der Waals surface area contributed by atoms with Crippen LogP contribution in [0.2, 0.25) is 0 Å². The minimum absolute atomic E-state index is 0.493. The first-order valence-corrected chi connectivity index (χ1v) is 17.9. The molecule has 0 unspecified atom stereocenters. The van der Waals surface area contributed by atoms with Crippen molar-refractivity contribution in [1.29, 1.82) is 0 Å². The van der Waals surface area contributed by atoms with Crippen LogP contribution in [0, 0.1) is 0 Å². The third kappa shape index (κ3) is 4.84. The van der Waals surface area contributed by atoms with Crippen molar-refractivity contribution in [3.05, 3.63) is 199 Å². The minimum atomic E-state index is 0.493. The summed E-state index contributed by atoms with van der Waals surface area (Å²) in [6.45, 7) is 0. The lowest BCUT2D eigenvalue weighted by Gasteiger charge is -2.20. The summed E-state index contributed by atoms with van der Waals surface area (Å²) in [6, 6.07) is 63.0. The maximum atomic E-state index is 6.90. The fourth-order valence-corrected chi connectivity index (χ4v) is 8.32. The quantitative estimate of drug-likeness (QED) is 0.0818. The minimum Gasteiger partial charge on any atom is -0.383 e. The molecule has 2 heteroatoms. The number of rotatable bonds is 6.